The second-order valence-corrected chi connectivity index (χ2v) is 6.05. The molecule has 2 heterocycles. The molecule has 1 aliphatic heterocycles. The lowest BCUT2D eigenvalue weighted by atomic mass is 10.3. The van der Waals surface area contributed by atoms with Crippen molar-refractivity contribution in [3.05, 3.63) is 22.4 Å². The van der Waals surface area contributed by atoms with Crippen LogP contribution in [-0.2, 0) is 11.2 Å². The summed E-state index contributed by atoms with van der Waals surface area (Å²) in [5.74, 6) is 0.108. The fraction of sp³-hybridized carbons (Fsp3) is 0.643. The van der Waals surface area contributed by atoms with Gasteiger partial charge in [-0.1, -0.05) is 6.07 Å². The molecular formula is C14H23N3O2S. The van der Waals surface area contributed by atoms with Crippen molar-refractivity contribution >= 4 is 17.2 Å². The summed E-state index contributed by atoms with van der Waals surface area (Å²) >= 11 is 1.73. The number of nitrogens with one attached hydrogen (secondary N) is 1. The second-order valence-electron chi connectivity index (χ2n) is 5.02. The average molecular weight is 297 g/mol. The highest BCUT2D eigenvalue weighted by Gasteiger charge is 2.18. The number of amides is 1. The van der Waals surface area contributed by atoms with Crippen LogP contribution in [0.3, 0.4) is 0 Å². The van der Waals surface area contributed by atoms with E-state index in [-0.39, 0.29) is 12.5 Å². The second kappa shape index (κ2) is 8.36. The topological polar surface area (TPSA) is 55.8 Å². The molecule has 2 N–H and O–H groups in total. The number of nitrogens with zero attached hydrogens (tertiary/aromatic N) is 2. The number of piperazine rings is 1. The zero-order valence-corrected chi connectivity index (χ0v) is 12.6. The Morgan fingerprint density at radius 2 is 2.05 bits per heavy atom. The maximum atomic E-state index is 11.8. The molecule has 0 bridgehead atoms. The number of hydrogen-bond donors (Lipinski definition) is 2. The molecule has 6 heteroatoms. The van der Waals surface area contributed by atoms with Gasteiger partial charge >= 0.3 is 0 Å². The van der Waals surface area contributed by atoms with Gasteiger partial charge in [0.25, 0.3) is 0 Å². The van der Waals surface area contributed by atoms with Gasteiger partial charge in [-0.05, 0) is 17.9 Å². The van der Waals surface area contributed by atoms with E-state index in [1.807, 2.05) is 6.07 Å². The Bertz CT molecular complexity index is 389. The molecule has 0 aliphatic carbocycles. The Balaban J connectivity index is 1.58. The minimum Gasteiger partial charge on any atom is -0.395 e. The summed E-state index contributed by atoms with van der Waals surface area (Å²) in [5.41, 5.74) is 0. The van der Waals surface area contributed by atoms with Gasteiger partial charge in [-0.25, -0.2) is 0 Å². The maximum absolute atomic E-state index is 11.8. The first-order chi connectivity index (χ1) is 9.78. The molecule has 0 spiro atoms. The zero-order chi connectivity index (χ0) is 14.2. The smallest absolute Gasteiger partial charge is 0.234 e. The van der Waals surface area contributed by atoms with Gasteiger partial charge < -0.3 is 10.4 Å². The van der Waals surface area contributed by atoms with Gasteiger partial charge in [0, 0.05) is 44.1 Å². The third kappa shape index (κ3) is 5.20. The zero-order valence-electron chi connectivity index (χ0n) is 11.8. The van der Waals surface area contributed by atoms with Crippen molar-refractivity contribution in [2.45, 2.75) is 6.42 Å². The number of carbonyl (C=O) groups is 1. The van der Waals surface area contributed by atoms with Crippen LogP contribution < -0.4 is 5.32 Å². The molecule has 5 nitrogen and oxygen atoms in total. The van der Waals surface area contributed by atoms with Crippen molar-refractivity contribution in [2.75, 3.05) is 52.4 Å². The van der Waals surface area contributed by atoms with E-state index < -0.39 is 0 Å². The van der Waals surface area contributed by atoms with E-state index in [0.717, 1.165) is 39.1 Å². The molecule has 1 aliphatic rings. The molecule has 1 fully saturated rings. The maximum Gasteiger partial charge on any atom is 0.234 e. The van der Waals surface area contributed by atoms with Crippen LogP contribution in [0.15, 0.2) is 17.5 Å². The van der Waals surface area contributed by atoms with Crippen LogP contribution in [0.5, 0.6) is 0 Å². The Labute approximate surface area is 124 Å². The number of aliphatic hydroxyl groups excluding tert-OH is 1. The highest BCUT2D eigenvalue weighted by atomic mass is 32.1. The van der Waals surface area contributed by atoms with Crippen molar-refractivity contribution in [2.24, 2.45) is 0 Å². The van der Waals surface area contributed by atoms with Crippen LogP contribution in [-0.4, -0.2) is 73.2 Å². The molecule has 112 valence electrons. The van der Waals surface area contributed by atoms with Crippen LogP contribution in [0.1, 0.15) is 4.88 Å². The van der Waals surface area contributed by atoms with Gasteiger partial charge in [0.15, 0.2) is 0 Å². The summed E-state index contributed by atoms with van der Waals surface area (Å²) in [7, 11) is 0. The van der Waals surface area contributed by atoms with E-state index in [1.54, 1.807) is 11.3 Å². The van der Waals surface area contributed by atoms with Crippen LogP contribution >= 0.6 is 11.3 Å². The van der Waals surface area contributed by atoms with Crippen molar-refractivity contribution in [1.29, 1.82) is 0 Å². The number of β-amino-alcohol motifs (C(OH)–C–C–N with tert-alkyl or cyclic N) is 1. The molecular weight excluding hydrogens is 274 g/mol. The van der Waals surface area contributed by atoms with Gasteiger partial charge in [-0.15, -0.1) is 11.3 Å². The van der Waals surface area contributed by atoms with E-state index in [2.05, 4.69) is 26.6 Å². The lowest BCUT2D eigenvalue weighted by Crippen LogP contribution is -2.50. The first kappa shape index (κ1) is 15.4. The molecule has 1 aromatic heterocycles. The monoisotopic (exact) mass is 297 g/mol. The van der Waals surface area contributed by atoms with Crippen LogP contribution in [0.4, 0.5) is 0 Å². The number of hydrogen-bond acceptors (Lipinski definition) is 5. The van der Waals surface area contributed by atoms with Crippen molar-refractivity contribution in [3.63, 3.8) is 0 Å². The summed E-state index contributed by atoms with van der Waals surface area (Å²) in [6, 6.07) is 4.13. The van der Waals surface area contributed by atoms with Crippen molar-refractivity contribution in [1.82, 2.24) is 15.1 Å². The van der Waals surface area contributed by atoms with Crippen molar-refractivity contribution < 1.29 is 9.90 Å². The van der Waals surface area contributed by atoms with E-state index in [9.17, 15) is 4.79 Å². The standard InChI is InChI=1S/C14H23N3O2S/c18-10-9-16-5-7-17(8-6-16)12-14(19)15-4-3-13-2-1-11-20-13/h1-2,11,18H,3-10,12H2,(H,15,19). The lowest BCUT2D eigenvalue weighted by molar-refractivity contribution is -0.122. The molecule has 2 rings (SSSR count). The van der Waals surface area contributed by atoms with E-state index in [4.69, 9.17) is 5.11 Å². The van der Waals surface area contributed by atoms with Gasteiger partial charge in [0.05, 0.1) is 13.2 Å². The molecule has 0 atom stereocenters. The molecule has 20 heavy (non-hydrogen) atoms. The summed E-state index contributed by atoms with van der Waals surface area (Å²) in [6.45, 7) is 5.81. The molecule has 0 radical (unpaired) electrons. The Morgan fingerprint density at radius 1 is 1.30 bits per heavy atom. The third-order valence-electron chi connectivity index (χ3n) is 3.52. The number of rotatable bonds is 7. The predicted molar refractivity (Wildman–Crippen MR) is 81.0 cm³/mol. The Hall–Kier alpha value is -0.950. The van der Waals surface area contributed by atoms with E-state index in [0.29, 0.717) is 13.1 Å². The predicted octanol–water partition coefficient (Wildman–Crippen LogP) is 0.0167. The largest absolute Gasteiger partial charge is 0.395 e. The normalized spacial score (nSPS) is 17.2. The Morgan fingerprint density at radius 3 is 2.70 bits per heavy atom. The van der Waals surface area contributed by atoms with Gasteiger partial charge in [-0.2, -0.15) is 0 Å². The van der Waals surface area contributed by atoms with E-state index in [1.165, 1.54) is 4.88 Å². The third-order valence-corrected chi connectivity index (χ3v) is 4.46. The van der Waals surface area contributed by atoms with Crippen molar-refractivity contribution in [3.8, 4) is 0 Å². The fourth-order valence-electron chi connectivity index (χ4n) is 2.35. The van der Waals surface area contributed by atoms with Crippen LogP contribution in [0, 0.1) is 0 Å². The molecule has 0 saturated carbocycles. The summed E-state index contributed by atoms with van der Waals surface area (Å²) in [5, 5.41) is 13.9. The Kier molecular flexibility index (Phi) is 6.46. The van der Waals surface area contributed by atoms with Gasteiger partial charge in [-0.3, -0.25) is 14.6 Å². The highest BCUT2D eigenvalue weighted by molar-refractivity contribution is 7.09. The minimum absolute atomic E-state index is 0.108. The fourth-order valence-corrected chi connectivity index (χ4v) is 3.06. The average Bonchev–Trinajstić information content (AvgIpc) is 2.94. The number of carbonyl (C=O) groups excluding carboxylic acids is 1. The summed E-state index contributed by atoms with van der Waals surface area (Å²) in [4.78, 5) is 17.6. The molecule has 1 aromatic rings. The number of aliphatic hydroxyl groups is 1. The van der Waals surface area contributed by atoms with Gasteiger partial charge in [0.1, 0.15) is 0 Å². The van der Waals surface area contributed by atoms with E-state index >= 15 is 0 Å². The highest BCUT2D eigenvalue weighted by Crippen LogP contribution is 2.08. The lowest BCUT2D eigenvalue weighted by Gasteiger charge is -2.33. The SMILES string of the molecule is O=C(CN1CCN(CCO)CC1)NCCc1cccs1. The summed E-state index contributed by atoms with van der Waals surface area (Å²) < 4.78 is 0. The number of thiophene rings is 1. The summed E-state index contributed by atoms with van der Waals surface area (Å²) in [6.07, 6.45) is 0.910. The molecule has 1 amide bonds. The van der Waals surface area contributed by atoms with Crippen LogP contribution in [0.2, 0.25) is 0 Å². The van der Waals surface area contributed by atoms with Crippen LogP contribution in [0.25, 0.3) is 0 Å². The molecule has 0 unspecified atom stereocenters. The first-order valence-corrected chi connectivity index (χ1v) is 8.00. The quantitative estimate of drug-likeness (QED) is 0.745. The minimum atomic E-state index is 0.108. The van der Waals surface area contributed by atoms with Gasteiger partial charge in [0.2, 0.25) is 5.91 Å². The molecule has 1 saturated heterocycles. The first-order valence-electron chi connectivity index (χ1n) is 7.12. The molecule has 0 aromatic carbocycles.